The number of benzene rings is 4. The minimum Gasteiger partial charge on any atom is -0.494 e. The van der Waals surface area contributed by atoms with Gasteiger partial charge in [-0.25, -0.2) is 4.98 Å². The van der Waals surface area contributed by atoms with E-state index in [0.29, 0.717) is 63.4 Å². The molecule has 2 atom stereocenters. The average Bonchev–Trinajstić information content (AvgIpc) is 4.03. The Morgan fingerprint density at radius 2 is 1.60 bits per heavy atom. The number of nitrogens with zero attached hydrogens (tertiary/aromatic N) is 5. The number of hydrogen-bond donors (Lipinski definition) is 3. The van der Waals surface area contributed by atoms with Gasteiger partial charge in [-0.05, 0) is 122 Å². The van der Waals surface area contributed by atoms with Gasteiger partial charge in [0.1, 0.15) is 23.9 Å². The number of halogens is 3. The minimum absolute atomic E-state index is 0.0159. The second-order valence-electron chi connectivity index (χ2n) is 18.9. The summed E-state index contributed by atoms with van der Waals surface area (Å²) < 4.78 is 52.5. The van der Waals surface area contributed by atoms with E-state index in [2.05, 4.69) is 27.8 Å². The molecule has 380 valence electrons. The third-order valence-corrected chi connectivity index (χ3v) is 13.4. The van der Waals surface area contributed by atoms with E-state index in [0.717, 1.165) is 39.4 Å². The largest absolute Gasteiger partial charge is 0.494 e. The van der Waals surface area contributed by atoms with Crippen LogP contribution < -0.4 is 25.2 Å². The molecule has 4 aromatic carbocycles. The molecule has 5 aromatic rings. The molecule has 2 saturated heterocycles. The zero-order chi connectivity index (χ0) is 52.4. The van der Waals surface area contributed by atoms with Crippen molar-refractivity contribution in [2.24, 2.45) is 5.41 Å². The standard InChI is InChI=1S/C41H46F3N5O6S.C12H12N2OS/c1-39(2,3)35(36(52)47-19-18-31(50)24-47)46-34(51)25-54-20-6-7-21-55-32-16-11-27(12-17-32)26-8-13-29(14-9-26)49-38(56)48(37(53)40(49,4)5)30-15-10-28(23-45)33(22-30)41(42,43)44;1-9-12(16-8-14-9)11-4-2-10(3-5-11)6-13-7-15/h8-17,22,31,35,50H,6-7,18-21,24-25H2,1-5H3,(H,46,51);2-5,7-8H,6H2,1H3,(H,13,15)/t31-,35-;/m1./s1. The smallest absolute Gasteiger partial charge is 0.417 e. The van der Waals surface area contributed by atoms with Crippen LogP contribution in [0.15, 0.2) is 96.5 Å². The summed E-state index contributed by atoms with van der Waals surface area (Å²) in [4.78, 5) is 59.0. The highest BCUT2D eigenvalue weighted by molar-refractivity contribution is 7.81. The Morgan fingerprint density at radius 3 is 2.17 bits per heavy atom. The van der Waals surface area contributed by atoms with Crippen LogP contribution in [-0.4, -0.2) is 94.8 Å². The van der Waals surface area contributed by atoms with Crippen LogP contribution in [0.1, 0.15) is 76.3 Å². The number of aryl methyl sites for hydroxylation is 1. The average molecular weight is 1030 g/mol. The third kappa shape index (κ3) is 13.4. The zero-order valence-electron chi connectivity index (χ0n) is 40.9. The number of thiazole rings is 1. The van der Waals surface area contributed by atoms with E-state index in [-0.39, 0.29) is 35.8 Å². The summed E-state index contributed by atoms with van der Waals surface area (Å²) in [6.07, 6.45) is -2.74. The first-order valence-electron chi connectivity index (χ1n) is 23.3. The number of carbonyl (C=O) groups excluding carboxylic acids is 4. The lowest BCUT2D eigenvalue weighted by molar-refractivity contribution is -0.140. The fourth-order valence-electron chi connectivity index (χ4n) is 8.16. The zero-order valence-corrected chi connectivity index (χ0v) is 42.5. The predicted octanol–water partition coefficient (Wildman–Crippen LogP) is 8.83. The number of alkyl halides is 3. The van der Waals surface area contributed by atoms with Gasteiger partial charge < -0.3 is 35.0 Å². The fraction of sp³-hybridized carbons (Fsp3) is 0.377. The van der Waals surface area contributed by atoms with Crippen molar-refractivity contribution in [2.75, 3.05) is 42.7 Å². The van der Waals surface area contributed by atoms with Crippen LogP contribution in [-0.2, 0) is 36.6 Å². The van der Waals surface area contributed by atoms with Gasteiger partial charge in [0.05, 0.1) is 51.7 Å². The molecular formula is C53H58F3N7O7S2. The van der Waals surface area contributed by atoms with E-state index in [1.54, 1.807) is 53.2 Å². The summed E-state index contributed by atoms with van der Waals surface area (Å²) in [7, 11) is 0. The van der Waals surface area contributed by atoms with Crippen molar-refractivity contribution in [3.05, 3.63) is 119 Å². The van der Waals surface area contributed by atoms with Crippen LogP contribution in [0, 0.1) is 23.7 Å². The maximum absolute atomic E-state index is 13.7. The number of nitriles is 1. The lowest BCUT2D eigenvalue weighted by Crippen LogP contribution is -2.55. The highest BCUT2D eigenvalue weighted by Crippen LogP contribution is 2.40. The number of ether oxygens (including phenoxy) is 2. The molecule has 3 heterocycles. The Bertz CT molecular complexity index is 2750. The quantitative estimate of drug-likeness (QED) is 0.0461. The van der Waals surface area contributed by atoms with Gasteiger partial charge in [0.15, 0.2) is 5.11 Å². The number of likely N-dealkylation sites (tertiary alicyclic amines) is 1. The molecule has 0 saturated carbocycles. The summed E-state index contributed by atoms with van der Waals surface area (Å²) in [5.41, 5.74) is 4.06. The third-order valence-electron chi connectivity index (χ3n) is 12.1. The number of aliphatic hydroxyl groups excluding tert-OH is 1. The van der Waals surface area contributed by atoms with Crippen LogP contribution in [0.25, 0.3) is 21.6 Å². The second kappa shape index (κ2) is 23.7. The van der Waals surface area contributed by atoms with Crippen LogP contribution >= 0.6 is 23.6 Å². The summed E-state index contributed by atoms with van der Waals surface area (Å²) in [5, 5.41) is 24.5. The van der Waals surface area contributed by atoms with Gasteiger partial charge in [-0.15, -0.1) is 11.3 Å². The summed E-state index contributed by atoms with van der Waals surface area (Å²) in [6.45, 7) is 12.9. The Morgan fingerprint density at radius 1 is 0.972 bits per heavy atom. The van der Waals surface area contributed by atoms with Crippen molar-refractivity contribution in [1.29, 1.82) is 5.26 Å². The lowest BCUT2D eigenvalue weighted by Gasteiger charge is -2.33. The number of nitrogens with one attached hydrogen (secondary N) is 2. The van der Waals surface area contributed by atoms with Gasteiger partial charge in [-0.3, -0.25) is 24.1 Å². The number of carbonyl (C=O) groups is 4. The van der Waals surface area contributed by atoms with Crippen molar-refractivity contribution in [1.82, 2.24) is 20.5 Å². The van der Waals surface area contributed by atoms with E-state index >= 15 is 0 Å². The molecule has 1 aromatic heterocycles. The molecule has 2 fully saturated rings. The van der Waals surface area contributed by atoms with E-state index in [1.165, 1.54) is 16.5 Å². The first-order chi connectivity index (χ1) is 34.1. The van der Waals surface area contributed by atoms with Crippen molar-refractivity contribution in [3.8, 4) is 33.4 Å². The number of hydrogen-bond acceptors (Lipinski definition) is 11. The number of thiocarbonyl (C=S) groups is 1. The molecule has 72 heavy (non-hydrogen) atoms. The number of rotatable bonds is 17. The highest BCUT2D eigenvalue weighted by atomic mass is 32.1. The predicted molar refractivity (Wildman–Crippen MR) is 274 cm³/mol. The second-order valence-corrected chi connectivity index (χ2v) is 20.1. The number of aromatic nitrogens is 1. The van der Waals surface area contributed by atoms with E-state index in [4.69, 9.17) is 21.7 Å². The number of anilines is 2. The normalized spacial score (nSPS) is 15.9. The molecule has 0 radical (unpaired) electrons. The van der Waals surface area contributed by atoms with E-state index < -0.39 is 46.3 Å². The van der Waals surface area contributed by atoms with Gasteiger partial charge >= 0.3 is 6.18 Å². The van der Waals surface area contributed by atoms with Crippen LogP contribution in [0.5, 0.6) is 5.75 Å². The maximum Gasteiger partial charge on any atom is 0.417 e. The Labute approximate surface area is 426 Å². The highest BCUT2D eigenvalue weighted by Gasteiger charge is 2.51. The van der Waals surface area contributed by atoms with Crippen LogP contribution in [0.3, 0.4) is 0 Å². The van der Waals surface area contributed by atoms with Crippen LogP contribution in [0.2, 0.25) is 0 Å². The van der Waals surface area contributed by atoms with Gasteiger partial charge in [-0.2, -0.15) is 18.4 Å². The SMILES string of the molecule is CC(C)(C)[C@H](NC(=O)COCCCCOc1ccc(-c2ccc(N3C(=S)N(c4ccc(C#N)c(C(F)(F)F)c4)C(=O)C3(C)C)cc2)cc1)C(=O)N1CC[C@@H](O)C1.Cc1ncsc1-c1ccc(CNC=O)cc1. The van der Waals surface area contributed by atoms with Gasteiger partial charge in [0, 0.05) is 31.9 Å². The van der Waals surface area contributed by atoms with Crippen molar-refractivity contribution < 1.29 is 46.9 Å². The minimum atomic E-state index is -4.79. The van der Waals surface area contributed by atoms with Crippen molar-refractivity contribution in [3.63, 3.8) is 0 Å². The Balaban J connectivity index is 0.000000446. The topological polar surface area (TPSA) is 177 Å². The number of amides is 4. The summed E-state index contributed by atoms with van der Waals surface area (Å²) >= 11 is 7.29. The number of β-amino-alcohol motifs (C(OH)–C–C–N with tert-alkyl or cyclic N) is 1. The first-order valence-corrected chi connectivity index (χ1v) is 24.6. The fourth-order valence-corrected chi connectivity index (χ4v) is 9.49. The van der Waals surface area contributed by atoms with Crippen molar-refractivity contribution in [2.45, 2.75) is 91.2 Å². The molecule has 3 N–H and O–H groups in total. The number of unbranched alkanes of at least 4 members (excludes halogenated alkanes) is 1. The monoisotopic (exact) mass is 1030 g/mol. The number of aliphatic hydroxyl groups is 1. The molecule has 2 aliphatic heterocycles. The van der Waals surface area contributed by atoms with Gasteiger partial charge in [0.2, 0.25) is 18.2 Å². The van der Waals surface area contributed by atoms with Crippen LogP contribution in [0.4, 0.5) is 24.5 Å². The van der Waals surface area contributed by atoms with Gasteiger partial charge in [0.25, 0.3) is 5.91 Å². The molecule has 0 unspecified atom stereocenters. The molecule has 4 amide bonds. The maximum atomic E-state index is 13.7. The molecule has 7 rings (SSSR count). The first kappa shape index (κ1) is 54.6. The summed E-state index contributed by atoms with van der Waals surface area (Å²) in [6, 6.07) is 26.9. The molecule has 0 bridgehead atoms. The molecule has 2 aliphatic rings. The van der Waals surface area contributed by atoms with E-state index in [9.17, 15) is 42.7 Å². The summed E-state index contributed by atoms with van der Waals surface area (Å²) in [5.74, 6) is -0.411. The van der Waals surface area contributed by atoms with E-state index in [1.807, 2.05) is 81.7 Å². The lowest BCUT2D eigenvalue weighted by atomic mass is 9.85. The Kier molecular flexibility index (Phi) is 18.0. The molecule has 14 nitrogen and oxygen atoms in total. The van der Waals surface area contributed by atoms with Gasteiger partial charge in [-0.1, -0.05) is 69.3 Å². The molecule has 0 aliphatic carbocycles. The van der Waals surface area contributed by atoms with Crippen molar-refractivity contribution >= 4 is 64.2 Å². The molecular weight excluding hydrogens is 968 g/mol. The molecule has 0 spiro atoms. The Hall–Kier alpha value is -6.72. The molecule has 19 heteroatoms.